The number of fused-ring (bicyclic) bond motifs is 2. The molecule has 0 aliphatic heterocycles. The molecule has 2 aliphatic rings. The maximum atomic E-state index is 12.0. The van der Waals surface area contributed by atoms with Crippen LogP contribution in [0, 0.1) is 16.7 Å². The van der Waals surface area contributed by atoms with Crippen LogP contribution < -0.4 is 0 Å². The molecule has 4 nitrogen and oxygen atoms in total. The van der Waals surface area contributed by atoms with Crippen molar-refractivity contribution >= 4 is 11.9 Å². The summed E-state index contributed by atoms with van der Waals surface area (Å²) in [6, 6.07) is 0. The second-order valence-corrected chi connectivity index (χ2v) is 5.97. The fraction of sp³-hybridized carbons (Fsp3) is 0.714. The third-order valence-electron chi connectivity index (χ3n) is 4.97. The van der Waals surface area contributed by atoms with E-state index in [-0.39, 0.29) is 28.7 Å². The maximum absolute atomic E-state index is 12.0. The van der Waals surface area contributed by atoms with Crippen molar-refractivity contribution in [2.24, 2.45) is 16.7 Å². The summed E-state index contributed by atoms with van der Waals surface area (Å²) in [6.45, 7) is 7.69. The Bertz CT molecular complexity index is 447. The summed E-state index contributed by atoms with van der Waals surface area (Å²) in [4.78, 5) is 23.2. The molecule has 0 spiro atoms. The molecule has 0 aromatic carbocycles. The fourth-order valence-electron chi connectivity index (χ4n) is 3.52. The number of rotatable bonds is 2. The van der Waals surface area contributed by atoms with Crippen LogP contribution in [0.15, 0.2) is 11.3 Å². The Morgan fingerprint density at radius 1 is 1.28 bits per heavy atom. The van der Waals surface area contributed by atoms with Crippen molar-refractivity contribution < 1.29 is 19.1 Å². The SMILES string of the molecule is COC(=O)C1=C(OC(C)=O)C2(C)CCC1C2(C)C. The Balaban J connectivity index is 2.55. The molecule has 0 N–H and O–H groups in total. The van der Waals surface area contributed by atoms with E-state index in [1.165, 1.54) is 14.0 Å². The van der Waals surface area contributed by atoms with Crippen molar-refractivity contribution in [2.75, 3.05) is 7.11 Å². The number of allylic oxidation sites excluding steroid dienone is 1. The van der Waals surface area contributed by atoms with Gasteiger partial charge in [-0.15, -0.1) is 0 Å². The molecule has 2 bridgehead atoms. The lowest BCUT2D eigenvalue weighted by molar-refractivity contribution is -0.140. The van der Waals surface area contributed by atoms with E-state index in [9.17, 15) is 9.59 Å². The van der Waals surface area contributed by atoms with Crippen LogP contribution >= 0.6 is 0 Å². The zero-order valence-electron chi connectivity index (χ0n) is 11.6. The van der Waals surface area contributed by atoms with Gasteiger partial charge in [-0.1, -0.05) is 20.8 Å². The second kappa shape index (κ2) is 3.84. The Labute approximate surface area is 107 Å². The van der Waals surface area contributed by atoms with E-state index >= 15 is 0 Å². The van der Waals surface area contributed by atoms with Crippen LogP contribution in [0.4, 0.5) is 0 Å². The summed E-state index contributed by atoms with van der Waals surface area (Å²) in [5.74, 6) is -0.101. The van der Waals surface area contributed by atoms with Gasteiger partial charge in [0.1, 0.15) is 5.76 Å². The third kappa shape index (κ3) is 1.44. The average Bonchev–Trinajstić information content (AvgIpc) is 2.59. The molecule has 0 heterocycles. The summed E-state index contributed by atoms with van der Waals surface area (Å²) in [5.41, 5.74) is 0.222. The number of esters is 2. The minimum absolute atomic E-state index is 0.0820. The summed E-state index contributed by atoms with van der Waals surface area (Å²) in [7, 11) is 1.36. The van der Waals surface area contributed by atoms with Gasteiger partial charge in [0, 0.05) is 18.3 Å². The zero-order chi connectivity index (χ0) is 13.7. The Morgan fingerprint density at radius 2 is 1.89 bits per heavy atom. The summed E-state index contributed by atoms with van der Waals surface area (Å²) in [6.07, 6.45) is 1.88. The number of hydrogen-bond donors (Lipinski definition) is 0. The Hall–Kier alpha value is -1.32. The number of carbonyl (C=O) groups excluding carboxylic acids is 2. The van der Waals surface area contributed by atoms with E-state index in [4.69, 9.17) is 9.47 Å². The summed E-state index contributed by atoms with van der Waals surface area (Å²) in [5, 5.41) is 0. The van der Waals surface area contributed by atoms with Crippen molar-refractivity contribution in [3.05, 3.63) is 11.3 Å². The van der Waals surface area contributed by atoms with Crippen LogP contribution in [0.3, 0.4) is 0 Å². The van der Waals surface area contributed by atoms with Gasteiger partial charge in [-0.3, -0.25) is 4.79 Å². The van der Waals surface area contributed by atoms with Gasteiger partial charge in [0.2, 0.25) is 0 Å². The molecule has 1 fully saturated rings. The van der Waals surface area contributed by atoms with E-state index < -0.39 is 0 Å². The van der Waals surface area contributed by atoms with Crippen molar-refractivity contribution in [1.29, 1.82) is 0 Å². The van der Waals surface area contributed by atoms with Crippen LogP contribution in [0.25, 0.3) is 0 Å². The largest absolute Gasteiger partial charge is 0.466 e. The second-order valence-electron chi connectivity index (χ2n) is 5.97. The molecule has 0 amide bonds. The standard InChI is InChI=1S/C14H20O4/c1-8(15)18-11-10(12(16)17-5)9-6-7-14(11,4)13(9,2)3/h9H,6-7H2,1-5H3. The first kappa shape index (κ1) is 13.1. The lowest BCUT2D eigenvalue weighted by Gasteiger charge is -2.35. The van der Waals surface area contributed by atoms with Crippen molar-refractivity contribution in [3.63, 3.8) is 0 Å². The lowest BCUT2D eigenvalue weighted by Crippen LogP contribution is -2.31. The van der Waals surface area contributed by atoms with Gasteiger partial charge in [0.15, 0.2) is 0 Å². The summed E-state index contributed by atoms with van der Waals surface area (Å²) >= 11 is 0. The van der Waals surface area contributed by atoms with Gasteiger partial charge in [0.05, 0.1) is 12.7 Å². The highest BCUT2D eigenvalue weighted by atomic mass is 16.5. The van der Waals surface area contributed by atoms with Crippen molar-refractivity contribution in [3.8, 4) is 0 Å². The number of hydrogen-bond acceptors (Lipinski definition) is 4. The van der Waals surface area contributed by atoms with Gasteiger partial charge >= 0.3 is 11.9 Å². The van der Waals surface area contributed by atoms with Gasteiger partial charge in [0.25, 0.3) is 0 Å². The van der Waals surface area contributed by atoms with E-state index in [2.05, 4.69) is 20.8 Å². The minimum Gasteiger partial charge on any atom is -0.466 e. The van der Waals surface area contributed by atoms with Crippen LogP contribution in [-0.4, -0.2) is 19.0 Å². The number of carbonyl (C=O) groups is 2. The van der Waals surface area contributed by atoms with Crippen molar-refractivity contribution in [2.45, 2.75) is 40.5 Å². The number of ether oxygens (including phenoxy) is 2. The van der Waals surface area contributed by atoms with Crippen molar-refractivity contribution in [1.82, 2.24) is 0 Å². The molecule has 0 aromatic rings. The highest BCUT2D eigenvalue weighted by molar-refractivity contribution is 5.92. The Morgan fingerprint density at radius 3 is 2.39 bits per heavy atom. The first-order chi connectivity index (χ1) is 8.25. The topological polar surface area (TPSA) is 52.6 Å². The highest BCUT2D eigenvalue weighted by Gasteiger charge is 2.64. The lowest BCUT2D eigenvalue weighted by atomic mass is 9.69. The van der Waals surface area contributed by atoms with Crippen LogP contribution in [0.1, 0.15) is 40.5 Å². The smallest absolute Gasteiger partial charge is 0.337 e. The van der Waals surface area contributed by atoms with Gasteiger partial charge in [-0.05, 0) is 18.3 Å². The molecule has 1 saturated carbocycles. The monoisotopic (exact) mass is 252 g/mol. The predicted octanol–water partition coefficient (Wildman–Crippen LogP) is 2.43. The minimum atomic E-state index is -0.379. The molecule has 0 saturated heterocycles. The van der Waals surface area contributed by atoms with Gasteiger partial charge in [-0.25, -0.2) is 4.79 Å². The molecule has 2 aliphatic carbocycles. The zero-order valence-corrected chi connectivity index (χ0v) is 11.6. The van der Waals surface area contributed by atoms with Gasteiger partial charge < -0.3 is 9.47 Å². The molecular formula is C14H20O4. The molecule has 4 heteroatoms. The quantitative estimate of drug-likeness (QED) is 0.708. The first-order valence-electron chi connectivity index (χ1n) is 6.27. The molecule has 100 valence electrons. The van der Waals surface area contributed by atoms with E-state index in [1.54, 1.807) is 0 Å². The normalized spacial score (nSPS) is 32.6. The highest BCUT2D eigenvalue weighted by Crippen LogP contribution is 2.68. The van der Waals surface area contributed by atoms with E-state index in [0.717, 1.165) is 12.8 Å². The fourth-order valence-corrected chi connectivity index (χ4v) is 3.52. The molecule has 2 rings (SSSR count). The third-order valence-corrected chi connectivity index (χ3v) is 4.97. The molecule has 2 atom stereocenters. The van der Waals surface area contributed by atoms with Crippen LogP contribution in [0.2, 0.25) is 0 Å². The maximum Gasteiger partial charge on any atom is 0.337 e. The summed E-state index contributed by atoms with van der Waals surface area (Å²) < 4.78 is 10.2. The van der Waals surface area contributed by atoms with E-state index in [1.807, 2.05) is 0 Å². The molecule has 2 unspecified atom stereocenters. The molecule has 0 radical (unpaired) electrons. The number of methoxy groups -OCH3 is 1. The first-order valence-corrected chi connectivity index (χ1v) is 6.27. The average molecular weight is 252 g/mol. The van der Waals surface area contributed by atoms with Gasteiger partial charge in [-0.2, -0.15) is 0 Å². The van der Waals surface area contributed by atoms with Crippen LogP contribution in [0.5, 0.6) is 0 Å². The molecule has 0 aromatic heterocycles. The van der Waals surface area contributed by atoms with E-state index in [0.29, 0.717) is 11.3 Å². The Kier molecular flexibility index (Phi) is 2.80. The molecular weight excluding hydrogens is 232 g/mol. The molecule has 18 heavy (non-hydrogen) atoms. The predicted molar refractivity (Wildman–Crippen MR) is 65.4 cm³/mol. The van der Waals surface area contributed by atoms with Crippen LogP contribution in [-0.2, 0) is 19.1 Å².